The molecule has 0 unspecified atom stereocenters. The van der Waals surface area contributed by atoms with Gasteiger partial charge in [0.2, 0.25) is 0 Å². The summed E-state index contributed by atoms with van der Waals surface area (Å²) in [5, 5.41) is 0. The number of para-hydroxylation sites is 2. The summed E-state index contributed by atoms with van der Waals surface area (Å²) in [5.74, 6) is 0.428. The van der Waals surface area contributed by atoms with Crippen LogP contribution in [0.4, 0.5) is 5.69 Å². The Labute approximate surface area is 218 Å². The zero-order valence-corrected chi connectivity index (χ0v) is 21.8. The Morgan fingerprint density at radius 1 is 0.946 bits per heavy atom. The van der Waals surface area contributed by atoms with Gasteiger partial charge in [-0.3, -0.25) is 14.5 Å². The maximum Gasteiger partial charge on any atom is 0.264 e. The van der Waals surface area contributed by atoms with Crippen LogP contribution in [-0.2, 0) is 11.3 Å². The van der Waals surface area contributed by atoms with Crippen LogP contribution < -0.4 is 9.64 Å². The van der Waals surface area contributed by atoms with E-state index in [-0.39, 0.29) is 18.4 Å². The van der Waals surface area contributed by atoms with Crippen LogP contribution >= 0.6 is 0 Å². The second-order valence-electron chi connectivity index (χ2n) is 9.57. The Morgan fingerprint density at radius 3 is 2.43 bits per heavy atom. The molecule has 0 saturated heterocycles. The van der Waals surface area contributed by atoms with Gasteiger partial charge in [0.25, 0.3) is 11.8 Å². The first-order chi connectivity index (χ1) is 17.9. The van der Waals surface area contributed by atoms with Gasteiger partial charge in [-0.1, -0.05) is 36.4 Å². The molecule has 3 aromatic rings. The Bertz CT molecular complexity index is 1190. The van der Waals surface area contributed by atoms with Crippen molar-refractivity contribution in [2.45, 2.75) is 39.8 Å². The van der Waals surface area contributed by atoms with Crippen molar-refractivity contribution in [1.82, 2.24) is 19.8 Å². The smallest absolute Gasteiger partial charge is 0.264 e. The lowest BCUT2D eigenvalue weighted by Crippen LogP contribution is -2.41. The third-order valence-electron chi connectivity index (χ3n) is 6.67. The Morgan fingerprint density at radius 2 is 1.70 bits per heavy atom. The number of benzene rings is 2. The van der Waals surface area contributed by atoms with E-state index in [1.807, 2.05) is 65.3 Å². The molecule has 194 valence electrons. The zero-order valence-electron chi connectivity index (χ0n) is 21.8. The van der Waals surface area contributed by atoms with E-state index in [9.17, 15) is 9.59 Å². The van der Waals surface area contributed by atoms with E-state index in [1.54, 1.807) is 12.4 Å². The number of nitrogens with zero attached hydrogens (tertiary/aromatic N) is 5. The molecule has 8 nitrogen and oxygen atoms in total. The molecule has 1 aliphatic rings. The van der Waals surface area contributed by atoms with Crippen molar-refractivity contribution in [1.29, 1.82) is 0 Å². The van der Waals surface area contributed by atoms with Crippen LogP contribution in [0.15, 0.2) is 67.3 Å². The average Bonchev–Trinajstić information content (AvgIpc) is 2.95. The number of hydrogen-bond donors (Lipinski definition) is 0. The predicted molar refractivity (Wildman–Crippen MR) is 144 cm³/mol. The zero-order chi connectivity index (χ0) is 26.2. The molecule has 0 N–H and O–H groups in total. The van der Waals surface area contributed by atoms with E-state index in [4.69, 9.17) is 4.74 Å². The molecule has 0 spiro atoms. The topological polar surface area (TPSA) is 78.9 Å². The molecule has 0 atom stereocenters. The highest BCUT2D eigenvalue weighted by Crippen LogP contribution is 2.28. The van der Waals surface area contributed by atoms with Gasteiger partial charge in [-0.15, -0.1) is 0 Å². The standard InChI is InChI=1S/C29H35N5O3/c1-22(2)32-13-8-14-34(27(35)20-37-26-11-5-4-6-12-26)28-23(3)9-7-10-24(28)19-33(16-15-32)29(36)25-17-30-21-31-18-25/h4-7,9-12,17-18,21-22H,8,13-16,19-20H2,1-3H3. The fourth-order valence-corrected chi connectivity index (χ4v) is 4.69. The molecule has 1 aromatic heterocycles. The molecular formula is C29H35N5O3. The number of carbonyl (C=O) groups is 2. The lowest BCUT2D eigenvalue weighted by molar-refractivity contribution is -0.120. The number of hydrogen-bond acceptors (Lipinski definition) is 6. The normalized spacial score (nSPS) is 15.1. The fourth-order valence-electron chi connectivity index (χ4n) is 4.69. The van der Waals surface area contributed by atoms with Crippen LogP contribution in [0.1, 0.15) is 41.8 Å². The number of carbonyl (C=O) groups excluding carboxylic acids is 2. The summed E-state index contributed by atoms with van der Waals surface area (Å²) in [6.45, 7) is 9.33. The number of ether oxygens (including phenoxy) is 1. The highest BCUT2D eigenvalue weighted by atomic mass is 16.5. The van der Waals surface area contributed by atoms with Gasteiger partial charge in [-0.25, -0.2) is 9.97 Å². The molecule has 1 aliphatic heterocycles. The fraction of sp³-hybridized carbons (Fsp3) is 0.379. The van der Waals surface area contributed by atoms with E-state index in [2.05, 4.69) is 28.7 Å². The number of anilines is 1. The Balaban J connectivity index is 1.67. The minimum atomic E-state index is -0.124. The second-order valence-corrected chi connectivity index (χ2v) is 9.57. The van der Waals surface area contributed by atoms with Gasteiger partial charge in [0.15, 0.2) is 6.61 Å². The quantitative estimate of drug-likeness (QED) is 0.527. The number of rotatable bonds is 5. The van der Waals surface area contributed by atoms with Crippen molar-refractivity contribution in [3.8, 4) is 5.75 Å². The summed E-state index contributed by atoms with van der Waals surface area (Å²) >= 11 is 0. The lowest BCUT2D eigenvalue weighted by atomic mass is 10.0. The highest BCUT2D eigenvalue weighted by Gasteiger charge is 2.26. The first kappa shape index (κ1) is 26.3. The molecule has 2 heterocycles. The number of fused-ring (bicyclic) bond motifs is 1. The van der Waals surface area contributed by atoms with Crippen LogP contribution in [-0.4, -0.2) is 70.4 Å². The molecule has 0 aliphatic carbocycles. The molecule has 0 bridgehead atoms. The van der Waals surface area contributed by atoms with Gasteiger partial charge in [0, 0.05) is 51.2 Å². The Hall–Kier alpha value is -3.78. The van der Waals surface area contributed by atoms with Crippen molar-refractivity contribution in [2.24, 2.45) is 0 Å². The molecule has 8 heteroatoms. The van der Waals surface area contributed by atoms with Crippen molar-refractivity contribution in [3.63, 3.8) is 0 Å². The summed E-state index contributed by atoms with van der Waals surface area (Å²) < 4.78 is 5.83. The van der Waals surface area contributed by atoms with Crippen molar-refractivity contribution in [2.75, 3.05) is 37.7 Å². The number of amides is 2. The maximum absolute atomic E-state index is 13.6. The predicted octanol–water partition coefficient (Wildman–Crippen LogP) is 3.95. The van der Waals surface area contributed by atoms with E-state index >= 15 is 0 Å². The Kier molecular flexibility index (Phi) is 8.85. The second kappa shape index (κ2) is 12.5. The molecule has 37 heavy (non-hydrogen) atoms. The van der Waals surface area contributed by atoms with Gasteiger partial charge in [0.05, 0.1) is 11.3 Å². The summed E-state index contributed by atoms with van der Waals surface area (Å²) in [5.41, 5.74) is 3.22. The third-order valence-corrected chi connectivity index (χ3v) is 6.67. The summed E-state index contributed by atoms with van der Waals surface area (Å²) in [4.78, 5) is 41.2. The molecule has 0 fully saturated rings. The van der Waals surface area contributed by atoms with Crippen LogP contribution in [0, 0.1) is 6.92 Å². The van der Waals surface area contributed by atoms with Crippen LogP contribution in [0.5, 0.6) is 5.75 Å². The lowest BCUT2D eigenvalue weighted by Gasteiger charge is -2.30. The maximum atomic E-state index is 13.6. The van der Waals surface area contributed by atoms with Gasteiger partial charge < -0.3 is 14.5 Å². The monoisotopic (exact) mass is 501 g/mol. The van der Waals surface area contributed by atoms with Crippen molar-refractivity contribution < 1.29 is 14.3 Å². The minimum absolute atomic E-state index is 0.0598. The van der Waals surface area contributed by atoms with Crippen LogP contribution in [0.25, 0.3) is 0 Å². The summed E-state index contributed by atoms with van der Waals surface area (Å²) in [6, 6.07) is 15.7. The van der Waals surface area contributed by atoms with E-state index in [1.165, 1.54) is 6.33 Å². The SMILES string of the molecule is Cc1cccc2c1N(C(=O)COc1ccccc1)CCCN(C(C)C)CCN(C(=O)c1cncnc1)C2. The first-order valence-corrected chi connectivity index (χ1v) is 12.8. The minimum Gasteiger partial charge on any atom is -0.484 e. The van der Waals surface area contributed by atoms with Gasteiger partial charge in [0.1, 0.15) is 12.1 Å². The first-order valence-electron chi connectivity index (χ1n) is 12.8. The molecule has 2 aromatic carbocycles. The van der Waals surface area contributed by atoms with Crippen molar-refractivity contribution in [3.05, 3.63) is 83.9 Å². The molecule has 4 rings (SSSR count). The van der Waals surface area contributed by atoms with E-state index in [0.29, 0.717) is 37.0 Å². The van der Waals surface area contributed by atoms with Crippen LogP contribution in [0.2, 0.25) is 0 Å². The van der Waals surface area contributed by atoms with Gasteiger partial charge >= 0.3 is 0 Å². The van der Waals surface area contributed by atoms with Gasteiger partial charge in [-0.05, 0) is 50.5 Å². The largest absolute Gasteiger partial charge is 0.484 e. The molecule has 0 radical (unpaired) electrons. The number of aryl methyl sites for hydroxylation is 1. The third kappa shape index (κ3) is 6.71. The number of aromatic nitrogens is 2. The van der Waals surface area contributed by atoms with E-state index < -0.39 is 0 Å². The van der Waals surface area contributed by atoms with Gasteiger partial charge in [-0.2, -0.15) is 0 Å². The average molecular weight is 502 g/mol. The van der Waals surface area contributed by atoms with E-state index in [0.717, 1.165) is 36.3 Å². The van der Waals surface area contributed by atoms with Crippen molar-refractivity contribution >= 4 is 17.5 Å². The molecular weight excluding hydrogens is 466 g/mol. The molecule has 2 amide bonds. The summed E-state index contributed by atoms with van der Waals surface area (Å²) in [6.07, 6.45) is 5.33. The van der Waals surface area contributed by atoms with Crippen LogP contribution in [0.3, 0.4) is 0 Å². The molecule has 0 saturated carbocycles. The summed E-state index contributed by atoms with van der Waals surface area (Å²) in [7, 11) is 0. The highest BCUT2D eigenvalue weighted by molar-refractivity contribution is 5.96.